The highest BCUT2D eigenvalue weighted by atomic mass is 16.1. The van der Waals surface area contributed by atoms with Crippen LogP contribution in [0.3, 0.4) is 0 Å². The molecule has 12 heavy (non-hydrogen) atoms. The molecule has 0 aromatic rings. The smallest absolute Gasteiger partial charge is 0.223 e. The monoisotopic (exact) mass is 170 g/mol. The Morgan fingerprint density at radius 1 is 1.58 bits per heavy atom. The molecule has 1 aliphatic rings. The summed E-state index contributed by atoms with van der Waals surface area (Å²) in [5, 5.41) is 2.84. The third-order valence-corrected chi connectivity index (χ3v) is 2.44. The summed E-state index contributed by atoms with van der Waals surface area (Å²) < 4.78 is 0. The molecule has 1 fully saturated rings. The van der Waals surface area contributed by atoms with Gasteiger partial charge in [-0.15, -0.1) is 0 Å². The summed E-state index contributed by atoms with van der Waals surface area (Å²) >= 11 is 0. The van der Waals surface area contributed by atoms with Gasteiger partial charge in [-0.05, 0) is 26.2 Å². The van der Waals surface area contributed by atoms with E-state index in [1.54, 1.807) is 0 Å². The van der Waals surface area contributed by atoms with Crippen molar-refractivity contribution in [1.82, 2.24) is 5.32 Å². The summed E-state index contributed by atoms with van der Waals surface area (Å²) in [6.07, 6.45) is 4.06. The molecule has 3 N–H and O–H groups in total. The number of nitrogens with two attached hydrogens (primary N) is 1. The zero-order chi connectivity index (χ0) is 8.97. The van der Waals surface area contributed by atoms with Crippen LogP contribution in [-0.4, -0.2) is 18.5 Å². The van der Waals surface area contributed by atoms with E-state index in [1.807, 2.05) is 6.92 Å². The molecular formula is C9H18N2O. The van der Waals surface area contributed by atoms with E-state index in [2.05, 4.69) is 5.32 Å². The van der Waals surface area contributed by atoms with E-state index in [-0.39, 0.29) is 17.9 Å². The highest BCUT2D eigenvalue weighted by Crippen LogP contribution is 2.22. The molecule has 2 atom stereocenters. The normalized spacial score (nSPS) is 29.8. The van der Waals surface area contributed by atoms with E-state index in [9.17, 15) is 4.79 Å². The molecular weight excluding hydrogens is 152 g/mol. The van der Waals surface area contributed by atoms with Gasteiger partial charge >= 0.3 is 0 Å². The Bertz CT molecular complexity index is 159. The van der Waals surface area contributed by atoms with Gasteiger partial charge in [0, 0.05) is 18.5 Å². The zero-order valence-electron chi connectivity index (χ0n) is 7.68. The number of amides is 1. The second-order valence-electron chi connectivity index (χ2n) is 3.52. The maximum atomic E-state index is 11.4. The van der Waals surface area contributed by atoms with Crippen molar-refractivity contribution in [2.45, 2.75) is 38.6 Å². The Morgan fingerprint density at radius 3 is 2.92 bits per heavy atom. The van der Waals surface area contributed by atoms with E-state index in [4.69, 9.17) is 5.73 Å². The lowest BCUT2D eigenvalue weighted by Gasteiger charge is -2.25. The highest BCUT2D eigenvalue weighted by Gasteiger charge is 2.24. The quantitative estimate of drug-likeness (QED) is 0.639. The van der Waals surface area contributed by atoms with Crippen molar-refractivity contribution < 1.29 is 4.79 Å². The number of hydrogen-bond acceptors (Lipinski definition) is 2. The summed E-state index contributed by atoms with van der Waals surface area (Å²) in [6.45, 7) is 2.67. The predicted molar refractivity (Wildman–Crippen MR) is 48.6 cm³/mol. The molecule has 3 nitrogen and oxygen atoms in total. The fraction of sp³-hybridized carbons (Fsp3) is 0.889. The van der Waals surface area contributed by atoms with Crippen LogP contribution in [0.4, 0.5) is 0 Å². The van der Waals surface area contributed by atoms with Gasteiger partial charge in [-0.2, -0.15) is 0 Å². The van der Waals surface area contributed by atoms with Crippen LogP contribution in [0.1, 0.15) is 32.6 Å². The highest BCUT2D eigenvalue weighted by molar-refractivity contribution is 5.78. The molecule has 0 saturated heterocycles. The Kier molecular flexibility index (Phi) is 3.53. The molecule has 0 spiro atoms. The first-order valence-corrected chi connectivity index (χ1v) is 4.77. The predicted octanol–water partition coefficient (Wildman–Crippen LogP) is 0.640. The van der Waals surface area contributed by atoms with E-state index < -0.39 is 0 Å². The molecule has 0 aliphatic heterocycles. The van der Waals surface area contributed by atoms with E-state index >= 15 is 0 Å². The summed E-state index contributed by atoms with van der Waals surface area (Å²) in [7, 11) is 0. The summed E-state index contributed by atoms with van der Waals surface area (Å²) in [4.78, 5) is 11.4. The lowest BCUT2D eigenvalue weighted by molar-refractivity contribution is -0.125. The minimum Gasteiger partial charge on any atom is -0.356 e. The van der Waals surface area contributed by atoms with Gasteiger partial charge in [-0.3, -0.25) is 4.79 Å². The van der Waals surface area contributed by atoms with Crippen LogP contribution in [-0.2, 0) is 4.79 Å². The minimum absolute atomic E-state index is 0.175. The van der Waals surface area contributed by atoms with Gasteiger partial charge in [0.15, 0.2) is 0 Å². The fourth-order valence-corrected chi connectivity index (χ4v) is 1.78. The van der Waals surface area contributed by atoms with Gasteiger partial charge in [-0.25, -0.2) is 0 Å². The number of rotatable bonds is 2. The zero-order valence-corrected chi connectivity index (χ0v) is 7.68. The SMILES string of the molecule is CCNC(=O)[C@H]1CCC[C@@H](N)C1. The van der Waals surface area contributed by atoms with Crippen molar-refractivity contribution in [3.8, 4) is 0 Å². The van der Waals surface area contributed by atoms with Gasteiger partial charge in [0.1, 0.15) is 0 Å². The molecule has 0 bridgehead atoms. The van der Waals surface area contributed by atoms with Gasteiger partial charge in [0.25, 0.3) is 0 Å². The van der Waals surface area contributed by atoms with Crippen molar-refractivity contribution in [2.75, 3.05) is 6.54 Å². The van der Waals surface area contributed by atoms with E-state index in [0.717, 1.165) is 32.2 Å². The Morgan fingerprint density at radius 2 is 2.33 bits per heavy atom. The van der Waals surface area contributed by atoms with Gasteiger partial charge in [0.2, 0.25) is 5.91 Å². The Balaban J connectivity index is 2.35. The number of carbonyl (C=O) groups excluding carboxylic acids is 1. The van der Waals surface area contributed by atoms with Gasteiger partial charge in [-0.1, -0.05) is 6.42 Å². The first kappa shape index (κ1) is 9.52. The number of hydrogen-bond donors (Lipinski definition) is 2. The first-order chi connectivity index (χ1) is 5.74. The average Bonchev–Trinajstić information content (AvgIpc) is 2.05. The standard InChI is InChI=1S/C9H18N2O/c1-2-11-9(12)7-4-3-5-8(10)6-7/h7-8H,2-6,10H2,1H3,(H,11,12)/t7-,8+/m0/s1. The van der Waals surface area contributed by atoms with Crippen LogP contribution in [0, 0.1) is 5.92 Å². The topological polar surface area (TPSA) is 55.1 Å². The van der Waals surface area contributed by atoms with Crippen LogP contribution in [0.15, 0.2) is 0 Å². The maximum absolute atomic E-state index is 11.4. The van der Waals surface area contributed by atoms with Crippen molar-refractivity contribution >= 4 is 5.91 Å². The summed E-state index contributed by atoms with van der Waals surface area (Å²) in [5.74, 6) is 0.362. The van der Waals surface area contributed by atoms with Crippen LogP contribution >= 0.6 is 0 Å². The molecule has 0 aromatic heterocycles. The van der Waals surface area contributed by atoms with Crippen molar-refractivity contribution in [3.63, 3.8) is 0 Å². The number of carbonyl (C=O) groups is 1. The van der Waals surface area contributed by atoms with E-state index in [1.165, 1.54) is 0 Å². The third-order valence-electron chi connectivity index (χ3n) is 2.44. The number of nitrogens with one attached hydrogen (secondary N) is 1. The molecule has 3 heteroatoms. The van der Waals surface area contributed by atoms with Gasteiger partial charge < -0.3 is 11.1 Å². The van der Waals surface area contributed by atoms with Crippen molar-refractivity contribution in [1.29, 1.82) is 0 Å². The lowest BCUT2D eigenvalue weighted by atomic mass is 9.85. The Hall–Kier alpha value is -0.570. The lowest BCUT2D eigenvalue weighted by Crippen LogP contribution is -2.37. The van der Waals surface area contributed by atoms with Crippen LogP contribution in [0.5, 0.6) is 0 Å². The largest absolute Gasteiger partial charge is 0.356 e. The second-order valence-corrected chi connectivity index (χ2v) is 3.52. The molecule has 1 aliphatic carbocycles. The molecule has 1 rings (SSSR count). The summed E-state index contributed by atoms with van der Waals surface area (Å²) in [6, 6.07) is 0.242. The second kappa shape index (κ2) is 4.45. The minimum atomic E-state index is 0.175. The van der Waals surface area contributed by atoms with Crippen LogP contribution in [0.25, 0.3) is 0 Å². The fourth-order valence-electron chi connectivity index (χ4n) is 1.78. The molecule has 0 heterocycles. The van der Waals surface area contributed by atoms with Crippen molar-refractivity contribution in [2.24, 2.45) is 11.7 Å². The Labute approximate surface area is 73.7 Å². The average molecular weight is 170 g/mol. The molecule has 70 valence electrons. The third kappa shape index (κ3) is 2.48. The van der Waals surface area contributed by atoms with Crippen LogP contribution in [0.2, 0.25) is 0 Å². The summed E-state index contributed by atoms with van der Waals surface area (Å²) in [5.41, 5.74) is 5.78. The first-order valence-electron chi connectivity index (χ1n) is 4.77. The maximum Gasteiger partial charge on any atom is 0.223 e. The van der Waals surface area contributed by atoms with Crippen molar-refractivity contribution in [3.05, 3.63) is 0 Å². The molecule has 1 saturated carbocycles. The molecule has 1 amide bonds. The van der Waals surface area contributed by atoms with E-state index in [0.29, 0.717) is 0 Å². The van der Waals surface area contributed by atoms with Crippen LogP contribution < -0.4 is 11.1 Å². The van der Waals surface area contributed by atoms with Gasteiger partial charge in [0.05, 0.1) is 0 Å². The molecule has 0 radical (unpaired) electrons. The molecule has 0 aromatic carbocycles. The molecule has 0 unspecified atom stereocenters.